The Kier molecular flexibility index (Phi) is 12.7. The summed E-state index contributed by atoms with van der Waals surface area (Å²) < 4.78 is 17.7. The third-order valence-electron chi connectivity index (χ3n) is 5.86. The van der Waals surface area contributed by atoms with Crippen molar-refractivity contribution in [2.24, 2.45) is 10.9 Å². The number of carbonyl (C=O) groups is 1. The highest BCUT2D eigenvalue weighted by Crippen LogP contribution is 2.23. The van der Waals surface area contributed by atoms with Gasteiger partial charge in [0.25, 0.3) is 0 Å². The van der Waals surface area contributed by atoms with Crippen molar-refractivity contribution in [2.75, 3.05) is 32.4 Å². The van der Waals surface area contributed by atoms with Gasteiger partial charge in [-0.25, -0.2) is 4.79 Å². The average Bonchev–Trinajstić information content (AvgIpc) is 2.71. The molecule has 1 saturated carbocycles. The molecule has 1 amide bonds. The molecule has 4 atom stereocenters. The molecule has 1 aliphatic heterocycles. The molecule has 2 N–H and O–H groups in total. The fourth-order valence-corrected chi connectivity index (χ4v) is 5.67. The fraction of sp³-hybridized carbons (Fsp3) is 0.909. The maximum atomic E-state index is 12.3. The second kappa shape index (κ2) is 13.9. The van der Waals surface area contributed by atoms with Crippen molar-refractivity contribution in [3.05, 3.63) is 0 Å². The summed E-state index contributed by atoms with van der Waals surface area (Å²) in [5, 5.41) is 7.26. The molecule has 2 rings (SSSR count). The number of rotatable bonds is 6. The van der Waals surface area contributed by atoms with Gasteiger partial charge in [-0.05, 0) is 65.2 Å². The van der Waals surface area contributed by atoms with Crippen LogP contribution in [0.1, 0.15) is 72.6 Å². The number of halogens is 1. The number of aliphatic imine (C=N–C) groups is 1. The maximum Gasteiger partial charge on any atom is 0.410 e. The van der Waals surface area contributed by atoms with Gasteiger partial charge in [0, 0.05) is 54.5 Å². The molecule has 9 heteroatoms. The highest BCUT2D eigenvalue weighted by molar-refractivity contribution is 14.0. The first-order chi connectivity index (χ1) is 14.2. The van der Waals surface area contributed by atoms with Crippen LogP contribution in [0.4, 0.5) is 4.79 Å². The number of guanidine groups is 1. The second-order valence-electron chi connectivity index (χ2n) is 9.52. The molecule has 31 heavy (non-hydrogen) atoms. The van der Waals surface area contributed by atoms with Crippen LogP contribution in [0.3, 0.4) is 0 Å². The number of nitrogens with one attached hydrogen (secondary N) is 2. The summed E-state index contributed by atoms with van der Waals surface area (Å²) in [5.74, 6) is 2.04. The van der Waals surface area contributed by atoms with E-state index in [9.17, 15) is 9.00 Å². The lowest BCUT2D eigenvalue weighted by atomic mass is 9.95. The lowest BCUT2D eigenvalue weighted by Crippen LogP contribution is -2.47. The maximum absolute atomic E-state index is 12.3. The van der Waals surface area contributed by atoms with Crippen LogP contribution in [0, 0.1) is 5.92 Å². The molecule has 0 aromatic rings. The standard InChI is InChI=1S/C22H42N4O3S.HI/c1-6-30(28)19-11-7-10-18(15-19)25-20(23-5)24-13-12-17-9-8-14-26(16-17)21(27)29-22(2,3)4;/h17-19H,6-16H2,1-5H3,(H2,23,24,25);1H. The summed E-state index contributed by atoms with van der Waals surface area (Å²) in [6.07, 6.45) is 7.20. The van der Waals surface area contributed by atoms with Gasteiger partial charge in [0.2, 0.25) is 0 Å². The number of piperidine rings is 1. The monoisotopic (exact) mass is 570 g/mol. The first-order valence-electron chi connectivity index (χ1n) is 11.5. The first kappa shape index (κ1) is 28.5. The minimum atomic E-state index is -0.716. The molecule has 1 saturated heterocycles. The molecule has 4 unspecified atom stereocenters. The summed E-state index contributed by atoms with van der Waals surface area (Å²) >= 11 is 0. The molecule has 0 bridgehead atoms. The van der Waals surface area contributed by atoms with Gasteiger partial charge in [0.15, 0.2) is 5.96 Å². The van der Waals surface area contributed by atoms with Crippen molar-refractivity contribution in [3.8, 4) is 0 Å². The van der Waals surface area contributed by atoms with Gasteiger partial charge in [-0.3, -0.25) is 9.20 Å². The van der Waals surface area contributed by atoms with Crippen molar-refractivity contribution >= 4 is 46.8 Å². The van der Waals surface area contributed by atoms with Gasteiger partial charge in [-0.2, -0.15) is 0 Å². The lowest BCUT2D eigenvalue weighted by Gasteiger charge is -2.34. The van der Waals surface area contributed by atoms with Gasteiger partial charge >= 0.3 is 6.09 Å². The fourth-order valence-electron chi connectivity index (χ4n) is 4.33. The normalized spacial score (nSPS) is 25.9. The Morgan fingerprint density at radius 1 is 1.23 bits per heavy atom. The van der Waals surface area contributed by atoms with E-state index in [1.54, 1.807) is 7.05 Å². The van der Waals surface area contributed by atoms with Gasteiger partial charge < -0.3 is 20.3 Å². The zero-order valence-corrected chi connectivity index (χ0v) is 23.1. The molecule has 1 heterocycles. The zero-order chi connectivity index (χ0) is 22.1. The Bertz CT molecular complexity index is 612. The Morgan fingerprint density at radius 2 is 1.97 bits per heavy atom. The third-order valence-corrected chi connectivity index (χ3v) is 7.60. The van der Waals surface area contributed by atoms with E-state index >= 15 is 0 Å². The van der Waals surface area contributed by atoms with Crippen LogP contribution in [0.15, 0.2) is 4.99 Å². The number of nitrogens with zero attached hydrogens (tertiary/aromatic N) is 2. The third kappa shape index (κ3) is 10.3. The number of amides is 1. The van der Waals surface area contributed by atoms with Crippen molar-refractivity contribution < 1.29 is 13.7 Å². The summed E-state index contributed by atoms with van der Waals surface area (Å²) in [6, 6.07) is 0.336. The van der Waals surface area contributed by atoms with Crippen LogP contribution in [0.5, 0.6) is 0 Å². The molecule has 1 aliphatic carbocycles. The van der Waals surface area contributed by atoms with E-state index in [0.29, 0.717) is 17.2 Å². The van der Waals surface area contributed by atoms with E-state index in [2.05, 4.69) is 15.6 Å². The summed E-state index contributed by atoms with van der Waals surface area (Å²) in [6.45, 7) is 10.1. The van der Waals surface area contributed by atoms with Crippen molar-refractivity contribution in [3.63, 3.8) is 0 Å². The molecule has 0 spiro atoms. The van der Waals surface area contributed by atoms with Crippen molar-refractivity contribution in [2.45, 2.75) is 89.5 Å². The van der Waals surface area contributed by atoms with Crippen LogP contribution in [-0.4, -0.2) is 70.5 Å². The largest absolute Gasteiger partial charge is 0.444 e. The Morgan fingerprint density at radius 3 is 2.61 bits per heavy atom. The smallest absolute Gasteiger partial charge is 0.410 e. The van der Waals surface area contributed by atoms with E-state index < -0.39 is 16.4 Å². The van der Waals surface area contributed by atoms with E-state index in [1.165, 1.54) is 0 Å². The van der Waals surface area contributed by atoms with Crippen molar-refractivity contribution in [1.29, 1.82) is 0 Å². The van der Waals surface area contributed by atoms with Crippen LogP contribution >= 0.6 is 24.0 Å². The van der Waals surface area contributed by atoms with Gasteiger partial charge in [-0.15, -0.1) is 24.0 Å². The van der Waals surface area contributed by atoms with E-state index in [4.69, 9.17) is 4.74 Å². The second-order valence-corrected chi connectivity index (χ2v) is 11.5. The molecule has 0 radical (unpaired) electrons. The minimum absolute atomic E-state index is 0. The number of hydrogen-bond acceptors (Lipinski definition) is 4. The van der Waals surface area contributed by atoms with Crippen LogP contribution < -0.4 is 10.6 Å². The molecule has 0 aromatic heterocycles. The number of likely N-dealkylation sites (tertiary alicyclic amines) is 1. The molecular weight excluding hydrogens is 527 g/mol. The molecule has 0 aromatic carbocycles. The van der Waals surface area contributed by atoms with E-state index in [1.807, 2.05) is 32.6 Å². The molecule has 2 aliphatic rings. The SMILES string of the molecule is CCS(=O)C1CCCC(NC(=NC)NCCC2CCCN(C(=O)OC(C)(C)C)C2)C1.I. The van der Waals surface area contributed by atoms with Crippen LogP contribution in [-0.2, 0) is 15.5 Å². The zero-order valence-electron chi connectivity index (χ0n) is 19.9. The van der Waals surface area contributed by atoms with E-state index in [-0.39, 0.29) is 30.1 Å². The topological polar surface area (TPSA) is 83.0 Å². The Labute approximate surface area is 208 Å². The highest BCUT2D eigenvalue weighted by Gasteiger charge is 2.28. The van der Waals surface area contributed by atoms with Crippen LogP contribution in [0.2, 0.25) is 0 Å². The number of hydrogen-bond donors (Lipinski definition) is 2. The van der Waals surface area contributed by atoms with Gasteiger partial charge in [0.05, 0.1) is 0 Å². The Balaban J connectivity index is 0.00000480. The van der Waals surface area contributed by atoms with Gasteiger partial charge in [0.1, 0.15) is 5.60 Å². The molecule has 2 fully saturated rings. The summed E-state index contributed by atoms with van der Waals surface area (Å²) in [7, 11) is 1.08. The first-order valence-corrected chi connectivity index (χ1v) is 12.9. The highest BCUT2D eigenvalue weighted by atomic mass is 127. The van der Waals surface area contributed by atoms with Crippen LogP contribution in [0.25, 0.3) is 0 Å². The predicted octanol–water partition coefficient (Wildman–Crippen LogP) is 3.89. The summed E-state index contributed by atoms with van der Waals surface area (Å²) in [5.41, 5.74) is -0.453. The number of ether oxygens (including phenoxy) is 1. The lowest BCUT2D eigenvalue weighted by molar-refractivity contribution is 0.0162. The molecular formula is C22H43IN4O3S. The van der Waals surface area contributed by atoms with E-state index in [0.717, 1.165) is 76.3 Å². The quantitative estimate of drug-likeness (QED) is 0.288. The van der Waals surface area contributed by atoms with Gasteiger partial charge in [-0.1, -0.05) is 13.3 Å². The average molecular weight is 571 g/mol. The van der Waals surface area contributed by atoms with Crippen molar-refractivity contribution in [1.82, 2.24) is 15.5 Å². The Hall–Kier alpha value is -0.580. The summed E-state index contributed by atoms with van der Waals surface area (Å²) in [4.78, 5) is 18.6. The predicted molar refractivity (Wildman–Crippen MR) is 140 cm³/mol. The number of carbonyl (C=O) groups excluding carboxylic acids is 1. The molecule has 7 nitrogen and oxygen atoms in total. The minimum Gasteiger partial charge on any atom is -0.444 e. The molecule has 182 valence electrons.